The van der Waals surface area contributed by atoms with Gasteiger partial charge < -0.3 is 15.0 Å². The molecule has 0 atom stereocenters. The molecule has 18 heavy (non-hydrogen) atoms. The van der Waals surface area contributed by atoms with Crippen molar-refractivity contribution >= 4 is 5.82 Å². The average Bonchev–Trinajstić information content (AvgIpc) is 3.00. The van der Waals surface area contributed by atoms with E-state index in [1.807, 2.05) is 0 Å². The maximum Gasteiger partial charge on any atom is 0.263 e. The van der Waals surface area contributed by atoms with Crippen molar-refractivity contribution in [2.75, 3.05) is 18.9 Å². The third-order valence-electron chi connectivity index (χ3n) is 3.24. The van der Waals surface area contributed by atoms with Crippen LogP contribution in [0.3, 0.4) is 0 Å². The largest absolute Gasteiger partial charge is 0.383 e. The Morgan fingerprint density at radius 1 is 1.39 bits per heavy atom. The second-order valence-electron chi connectivity index (χ2n) is 4.41. The van der Waals surface area contributed by atoms with Gasteiger partial charge in [-0.3, -0.25) is 4.68 Å². The van der Waals surface area contributed by atoms with Gasteiger partial charge in [-0.15, -0.1) is 0 Å². The third kappa shape index (κ3) is 1.86. The fraction of sp³-hybridized carbons (Fsp3) is 0.545. The van der Waals surface area contributed by atoms with Crippen LogP contribution >= 0.6 is 0 Å². The molecule has 1 saturated heterocycles. The fourth-order valence-corrected chi connectivity index (χ4v) is 2.08. The summed E-state index contributed by atoms with van der Waals surface area (Å²) >= 11 is 0. The summed E-state index contributed by atoms with van der Waals surface area (Å²) in [6.45, 7) is 1.51. The first-order valence-corrected chi connectivity index (χ1v) is 5.95. The number of nitrogens with two attached hydrogens (primary N) is 1. The van der Waals surface area contributed by atoms with Crippen molar-refractivity contribution in [3.63, 3.8) is 0 Å². The lowest BCUT2D eigenvalue weighted by Gasteiger charge is -2.18. The molecule has 3 heterocycles. The van der Waals surface area contributed by atoms with Crippen LogP contribution in [-0.2, 0) is 11.8 Å². The van der Waals surface area contributed by atoms with Crippen molar-refractivity contribution in [2.24, 2.45) is 7.05 Å². The quantitative estimate of drug-likeness (QED) is 0.851. The van der Waals surface area contributed by atoms with Gasteiger partial charge in [-0.1, -0.05) is 5.16 Å². The van der Waals surface area contributed by atoms with E-state index in [1.165, 1.54) is 0 Å². The number of nitrogens with zero attached hydrogens (tertiary/aromatic N) is 4. The lowest BCUT2D eigenvalue weighted by atomic mass is 10.00. The molecular weight excluding hydrogens is 234 g/mol. The zero-order chi connectivity index (χ0) is 12.5. The maximum atomic E-state index is 5.88. The van der Waals surface area contributed by atoms with Gasteiger partial charge >= 0.3 is 0 Å². The summed E-state index contributed by atoms with van der Waals surface area (Å²) in [5, 5.41) is 8.09. The molecule has 1 aliphatic heterocycles. The Morgan fingerprint density at radius 3 is 2.83 bits per heavy atom. The van der Waals surface area contributed by atoms with Gasteiger partial charge in [-0.25, -0.2) is 0 Å². The first-order chi connectivity index (χ1) is 8.75. The predicted molar refractivity (Wildman–Crippen MR) is 63.7 cm³/mol. The molecule has 2 N–H and O–H groups in total. The van der Waals surface area contributed by atoms with Crippen molar-refractivity contribution in [3.05, 3.63) is 12.0 Å². The minimum atomic E-state index is 0.314. The lowest BCUT2D eigenvalue weighted by molar-refractivity contribution is 0.0830. The van der Waals surface area contributed by atoms with Crippen molar-refractivity contribution in [2.45, 2.75) is 18.8 Å². The minimum Gasteiger partial charge on any atom is -0.383 e. The van der Waals surface area contributed by atoms with Crippen LogP contribution in [0.25, 0.3) is 11.5 Å². The topological polar surface area (TPSA) is 92.0 Å². The summed E-state index contributed by atoms with van der Waals surface area (Å²) in [6.07, 6.45) is 3.50. The predicted octanol–water partition coefficient (Wildman–Crippen LogP) is 0.946. The SMILES string of the molecule is Cn1ncc(-c2nc(C3CCOCC3)no2)c1N. The van der Waals surface area contributed by atoms with Crippen LogP contribution in [0.5, 0.6) is 0 Å². The standard InChI is InChI=1S/C11H15N5O2/c1-16-9(12)8(6-13-16)11-14-10(15-18-11)7-2-4-17-5-3-7/h6-7H,2-5,12H2,1H3. The number of anilines is 1. The third-order valence-corrected chi connectivity index (χ3v) is 3.24. The molecule has 7 nitrogen and oxygen atoms in total. The Bertz CT molecular complexity index is 541. The van der Waals surface area contributed by atoms with E-state index in [4.69, 9.17) is 15.0 Å². The van der Waals surface area contributed by atoms with Crippen molar-refractivity contribution in [1.29, 1.82) is 0 Å². The zero-order valence-electron chi connectivity index (χ0n) is 10.2. The number of aromatic nitrogens is 4. The fourth-order valence-electron chi connectivity index (χ4n) is 2.08. The van der Waals surface area contributed by atoms with Gasteiger partial charge in [0, 0.05) is 26.2 Å². The van der Waals surface area contributed by atoms with Crippen molar-refractivity contribution in [3.8, 4) is 11.5 Å². The van der Waals surface area contributed by atoms with E-state index in [0.717, 1.165) is 31.9 Å². The highest BCUT2D eigenvalue weighted by atomic mass is 16.5. The minimum absolute atomic E-state index is 0.314. The van der Waals surface area contributed by atoms with Gasteiger partial charge in [0.05, 0.1) is 6.20 Å². The Balaban J connectivity index is 1.87. The van der Waals surface area contributed by atoms with E-state index in [-0.39, 0.29) is 0 Å². The zero-order valence-corrected chi connectivity index (χ0v) is 10.2. The van der Waals surface area contributed by atoms with Crippen LogP contribution < -0.4 is 5.73 Å². The Kier molecular flexibility index (Phi) is 2.75. The average molecular weight is 249 g/mol. The van der Waals surface area contributed by atoms with Crippen molar-refractivity contribution in [1.82, 2.24) is 19.9 Å². The molecule has 0 saturated carbocycles. The highest BCUT2D eigenvalue weighted by Crippen LogP contribution is 2.28. The second kappa shape index (κ2) is 4.41. The second-order valence-corrected chi connectivity index (χ2v) is 4.41. The Labute approximate surface area is 104 Å². The first-order valence-electron chi connectivity index (χ1n) is 5.95. The molecule has 0 amide bonds. The first kappa shape index (κ1) is 11.2. The van der Waals surface area contributed by atoms with E-state index in [9.17, 15) is 0 Å². The van der Waals surface area contributed by atoms with E-state index >= 15 is 0 Å². The normalized spacial score (nSPS) is 17.2. The van der Waals surface area contributed by atoms with Crippen molar-refractivity contribution < 1.29 is 9.26 Å². The summed E-state index contributed by atoms with van der Waals surface area (Å²) in [7, 11) is 1.77. The van der Waals surface area contributed by atoms with E-state index in [2.05, 4.69) is 15.2 Å². The van der Waals surface area contributed by atoms with Crippen LogP contribution in [0.4, 0.5) is 5.82 Å². The lowest BCUT2D eigenvalue weighted by Crippen LogP contribution is -2.15. The summed E-state index contributed by atoms with van der Waals surface area (Å²) in [5.74, 6) is 2.00. The molecule has 96 valence electrons. The molecule has 0 aliphatic carbocycles. The van der Waals surface area contributed by atoms with E-state index in [1.54, 1.807) is 17.9 Å². The summed E-state index contributed by atoms with van der Waals surface area (Å²) < 4.78 is 12.2. The van der Waals surface area contributed by atoms with Crippen LogP contribution in [0.15, 0.2) is 10.7 Å². The van der Waals surface area contributed by atoms with Gasteiger partial charge in [0.15, 0.2) is 5.82 Å². The molecule has 0 bridgehead atoms. The smallest absolute Gasteiger partial charge is 0.263 e. The molecule has 2 aromatic heterocycles. The molecule has 3 rings (SSSR count). The number of hydrogen-bond acceptors (Lipinski definition) is 6. The van der Waals surface area contributed by atoms with E-state index < -0.39 is 0 Å². The summed E-state index contributed by atoms with van der Waals surface area (Å²) in [4.78, 5) is 4.41. The molecule has 1 aliphatic rings. The number of nitrogen functional groups attached to an aromatic ring is 1. The molecule has 0 radical (unpaired) electrons. The number of rotatable bonds is 2. The molecule has 0 unspecified atom stereocenters. The molecule has 0 spiro atoms. The highest BCUT2D eigenvalue weighted by molar-refractivity contribution is 5.66. The highest BCUT2D eigenvalue weighted by Gasteiger charge is 2.23. The van der Waals surface area contributed by atoms with Crippen LogP contribution in [0.2, 0.25) is 0 Å². The molecule has 1 fully saturated rings. The van der Waals surface area contributed by atoms with Gasteiger partial charge in [0.1, 0.15) is 11.4 Å². The Morgan fingerprint density at radius 2 is 2.17 bits per heavy atom. The molecule has 7 heteroatoms. The molecule has 2 aromatic rings. The van der Waals surface area contributed by atoms with E-state index in [0.29, 0.717) is 23.2 Å². The van der Waals surface area contributed by atoms with Crippen LogP contribution in [0, 0.1) is 0 Å². The van der Waals surface area contributed by atoms with Crippen LogP contribution in [-0.4, -0.2) is 33.1 Å². The maximum absolute atomic E-state index is 5.88. The van der Waals surface area contributed by atoms with Crippen LogP contribution in [0.1, 0.15) is 24.6 Å². The molecular formula is C11H15N5O2. The van der Waals surface area contributed by atoms with Gasteiger partial charge in [-0.2, -0.15) is 10.1 Å². The monoisotopic (exact) mass is 249 g/mol. The molecule has 0 aromatic carbocycles. The number of aryl methyl sites for hydroxylation is 1. The van der Waals surface area contributed by atoms with Gasteiger partial charge in [0.25, 0.3) is 5.89 Å². The van der Waals surface area contributed by atoms with Gasteiger partial charge in [0.2, 0.25) is 0 Å². The summed E-state index contributed by atoms with van der Waals surface area (Å²) in [5.41, 5.74) is 6.56. The van der Waals surface area contributed by atoms with Gasteiger partial charge in [-0.05, 0) is 12.8 Å². The number of hydrogen-bond donors (Lipinski definition) is 1. The number of ether oxygens (including phenoxy) is 1. The summed E-state index contributed by atoms with van der Waals surface area (Å²) in [6, 6.07) is 0. The Hall–Kier alpha value is -1.89.